The van der Waals surface area contributed by atoms with Gasteiger partial charge in [0.15, 0.2) is 0 Å². The second-order valence-corrected chi connectivity index (χ2v) is 7.40. The summed E-state index contributed by atoms with van der Waals surface area (Å²) < 4.78 is 14.6. The number of nitrogens with one attached hydrogen (secondary N) is 1. The molecule has 0 heterocycles. The molecule has 0 atom stereocenters. The Morgan fingerprint density at radius 2 is 1.90 bits per heavy atom. The summed E-state index contributed by atoms with van der Waals surface area (Å²) in [6.45, 7) is 0. The van der Waals surface area contributed by atoms with Crippen molar-refractivity contribution in [3.8, 4) is 6.07 Å². The summed E-state index contributed by atoms with van der Waals surface area (Å²) in [5.74, 6) is -0.975. The predicted molar refractivity (Wildman–Crippen MR) is 119 cm³/mol. The molecule has 0 radical (unpaired) electrons. The van der Waals surface area contributed by atoms with Gasteiger partial charge < -0.3 is 5.32 Å². The maximum absolute atomic E-state index is 13.9. The number of amides is 1. The van der Waals surface area contributed by atoms with Crippen LogP contribution in [-0.2, 0) is 11.2 Å². The van der Waals surface area contributed by atoms with Gasteiger partial charge in [0.05, 0.1) is 4.92 Å². The lowest BCUT2D eigenvalue weighted by atomic mass is 10.0. The summed E-state index contributed by atoms with van der Waals surface area (Å²) >= 11 is 3.45. The fraction of sp³-hybridized carbons (Fsp3) is 0.0435. The molecule has 0 fully saturated rings. The van der Waals surface area contributed by atoms with E-state index in [2.05, 4.69) is 21.2 Å². The van der Waals surface area contributed by atoms with E-state index in [0.717, 1.165) is 5.56 Å². The van der Waals surface area contributed by atoms with E-state index in [1.54, 1.807) is 36.4 Å². The first kappa shape index (κ1) is 21.9. The van der Waals surface area contributed by atoms with Gasteiger partial charge in [-0.1, -0.05) is 52.3 Å². The molecule has 3 aromatic carbocycles. The van der Waals surface area contributed by atoms with Crippen molar-refractivity contribution in [1.29, 1.82) is 5.26 Å². The fourth-order valence-corrected chi connectivity index (χ4v) is 3.39. The molecule has 0 aliphatic heterocycles. The van der Waals surface area contributed by atoms with Gasteiger partial charge in [0.25, 0.3) is 11.6 Å². The van der Waals surface area contributed by atoms with Crippen LogP contribution in [0.2, 0.25) is 0 Å². The van der Waals surface area contributed by atoms with E-state index < -0.39 is 10.8 Å². The zero-order valence-electron chi connectivity index (χ0n) is 16.0. The lowest BCUT2D eigenvalue weighted by molar-refractivity contribution is -0.384. The summed E-state index contributed by atoms with van der Waals surface area (Å²) in [6.07, 6.45) is 1.79. The fourth-order valence-electron chi connectivity index (χ4n) is 2.85. The highest BCUT2D eigenvalue weighted by Gasteiger charge is 2.13. The van der Waals surface area contributed by atoms with E-state index in [-0.39, 0.29) is 22.8 Å². The third-order valence-electron chi connectivity index (χ3n) is 4.41. The number of halogens is 2. The lowest BCUT2D eigenvalue weighted by Crippen LogP contribution is -2.13. The molecule has 1 amide bonds. The van der Waals surface area contributed by atoms with Gasteiger partial charge in [0.2, 0.25) is 0 Å². The summed E-state index contributed by atoms with van der Waals surface area (Å²) in [7, 11) is 0. The minimum Gasteiger partial charge on any atom is -0.321 e. The number of hydrogen-bond acceptors (Lipinski definition) is 4. The van der Waals surface area contributed by atoms with Gasteiger partial charge in [0.1, 0.15) is 17.5 Å². The van der Waals surface area contributed by atoms with Crippen LogP contribution in [0.15, 0.2) is 76.8 Å². The number of rotatable bonds is 6. The molecule has 1 N–H and O–H groups in total. The molecule has 0 aliphatic carbocycles. The Bertz CT molecular complexity index is 1230. The highest BCUT2D eigenvalue weighted by Crippen LogP contribution is 2.24. The van der Waals surface area contributed by atoms with Gasteiger partial charge >= 0.3 is 0 Å². The van der Waals surface area contributed by atoms with Crippen molar-refractivity contribution < 1.29 is 14.1 Å². The maximum Gasteiger partial charge on any atom is 0.271 e. The summed E-state index contributed by atoms with van der Waals surface area (Å²) in [5, 5.41) is 22.7. The van der Waals surface area contributed by atoms with Crippen LogP contribution < -0.4 is 5.32 Å². The first-order valence-corrected chi connectivity index (χ1v) is 9.86. The Morgan fingerprint density at radius 1 is 1.13 bits per heavy atom. The van der Waals surface area contributed by atoms with E-state index in [1.807, 2.05) is 6.07 Å². The standard InChI is InChI=1S/C23H15BrFN3O3/c24-21-11-15(8-9-16(21)12-17-4-1-2-7-22(17)25)10-18(14-26)23(29)27-19-5-3-6-20(13-19)28(30)31/h1-11,13H,12H2,(H,27,29)/b18-10+. The van der Waals surface area contributed by atoms with Crippen LogP contribution in [0.25, 0.3) is 6.08 Å². The highest BCUT2D eigenvalue weighted by atomic mass is 79.9. The molecular weight excluding hydrogens is 465 g/mol. The number of nitro groups is 1. The van der Waals surface area contributed by atoms with Crippen molar-refractivity contribution >= 4 is 39.3 Å². The van der Waals surface area contributed by atoms with Crippen LogP contribution in [-0.4, -0.2) is 10.8 Å². The topological polar surface area (TPSA) is 96.0 Å². The summed E-state index contributed by atoms with van der Waals surface area (Å²) in [4.78, 5) is 22.7. The molecule has 8 heteroatoms. The average molecular weight is 480 g/mol. The molecule has 0 aromatic heterocycles. The maximum atomic E-state index is 13.9. The minimum atomic E-state index is -0.686. The molecule has 154 valence electrons. The van der Waals surface area contributed by atoms with Gasteiger partial charge in [0, 0.05) is 28.7 Å². The third kappa shape index (κ3) is 5.62. The second-order valence-electron chi connectivity index (χ2n) is 6.55. The quantitative estimate of drug-likeness (QED) is 0.214. The molecule has 0 aliphatic rings. The van der Waals surface area contributed by atoms with E-state index in [9.17, 15) is 24.6 Å². The summed E-state index contributed by atoms with van der Waals surface area (Å²) in [5.41, 5.74) is 1.87. The average Bonchev–Trinajstić information content (AvgIpc) is 2.75. The molecule has 0 unspecified atom stereocenters. The number of benzene rings is 3. The van der Waals surface area contributed by atoms with Crippen LogP contribution >= 0.6 is 15.9 Å². The Labute approximate surface area is 185 Å². The van der Waals surface area contributed by atoms with E-state index in [1.165, 1.54) is 36.4 Å². The van der Waals surface area contributed by atoms with E-state index >= 15 is 0 Å². The van der Waals surface area contributed by atoms with Crippen LogP contribution in [0.1, 0.15) is 16.7 Å². The second kappa shape index (κ2) is 9.78. The van der Waals surface area contributed by atoms with Gasteiger partial charge in [-0.05, 0) is 41.0 Å². The monoisotopic (exact) mass is 479 g/mol. The first-order chi connectivity index (χ1) is 14.9. The van der Waals surface area contributed by atoms with Crippen LogP contribution in [0.3, 0.4) is 0 Å². The Kier molecular flexibility index (Phi) is 6.90. The SMILES string of the molecule is N#C/C(=C\c1ccc(Cc2ccccc2F)c(Br)c1)C(=O)Nc1cccc([N+](=O)[O-])c1. The first-order valence-electron chi connectivity index (χ1n) is 9.07. The number of anilines is 1. The normalized spacial score (nSPS) is 10.9. The number of carbonyl (C=O) groups excluding carboxylic acids is 1. The van der Waals surface area contributed by atoms with Gasteiger partial charge in [-0.15, -0.1) is 0 Å². The number of hydrogen-bond donors (Lipinski definition) is 1. The Balaban J connectivity index is 1.79. The van der Waals surface area contributed by atoms with Crippen molar-refractivity contribution in [3.05, 3.63) is 109 Å². The Hall–Kier alpha value is -3.83. The third-order valence-corrected chi connectivity index (χ3v) is 5.14. The molecule has 31 heavy (non-hydrogen) atoms. The van der Waals surface area contributed by atoms with Gasteiger partial charge in [-0.25, -0.2) is 4.39 Å². The van der Waals surface area contributed by atoms with Crippen LogP contribution in [0.5, 0.6) is 0 Å². The zero-order chi connectivity index (χ0) is 22.4. The number of carbonyl (C=O) groups is 1. The zero-order valence-corrected chi connectivity index (χ0v) is 17.6. The smallest absolute Gasteiger partial charge is 0.271 e. The van der Waals surface area contributed by atoms with E-state index in [0.29, 0.717) is 22.0 Å². The molecule has 3 aromatic rings. The highest BCUT2D eigenvalue weighted by molar-refractivity contribution is 9.10. The Morgan fingerprint density at radius 3 is 2.58 bits per heavy atom. The number of nitro benzene ring substituents is 1. The van der Waals surface area contributed by atoms with Crippen LogP contribution in [0, 0.1) is 27.3 Å². The van der Waals surface area contributed by atoms with Gasteiger partial charge in [-0.3, -0.25) is 14.9 Å². The molecule has 0 saturated carbocycles. The van der Waals surface area contributed by atoms with E-state index in [4.69, 9.17) is 0 Å². The van der Waals surface area contributed by atoms with Crippen LogP contribution in [0.4, 0.5) is 15.8 Å². The van der Waals surface area contributed by atoms with Crippen molar-refractivity contribution in [2.75, 3.05) is 5.32 Å². The van der Waals surface area contributed by atoms with Crippen molar-refractivity contribution in [2.45, 2.75) is 6.42 Å². The number of nitriles is 1. The largest absolute Gasteiger partial charge is 0.321 e. The number of nitrogens with zero attached hydrogens (tertiary/aromatic N) is 2. The minimum absolute atomic E-state index is 0.166. The predicted octanol–water partition coefficient (Wildman–Crippen LogP) is 5.63. The molecule has 0 saturated heterocycles. The van der Waals surface area contributed by atoms with Crippen molar-refractivity contribution in [3.63, 3.8) is 0 Å². The molecule has 0 spiro atoms. The molecular formula is C23H15BrFN3O3. The van der Waals surface area contributed by atoms with Crippen molar-refractivity contribution in [2.24, 2.45) is 0 Å². The molecule has 6 nitrogen and oxygen atoms in total. The molecule has 3 rings (SSSR count). The van der Waals surface area contributed by atoms with Gasteiger partial charge in [-0.2, -0.15) is 5.26 Å². The molecule has 0 bridgehead atoms. The lowest BCUT2D eigenvalue weighted by Gasteiger charge is -2.08. The summed E-state index contributed by atoms with van der Waals surface area (Å²) in [6, 6.07) is 19.0. The van der Waals surface area contributed by atoms with Crippen molar-refractivity contribution in [1.82, 2.24) is 0 Å². The number of non-ortho nitro benzene ring substituents is 1.